The van der Waals surface area contributed by atoms with E-state index in [0.29, 0.717) is 18.0 Å². The van der Waals surface area contributed by atoms with Crippen molar-refractivity contribution < 1.29 is 14.6 Å². The molecule has 2 rings (SSSR count). The highest BCUT2D eigenvalue weighted by molar-refractivity contribution is 6.30. The monoisotopic (exact) mass is 348 g/mol. The first-order chi connectivity index (χ1) is 11.6. The van der Waals surface area contributed by atoms with Crippen molar-refractivity contribution in [1.29, 1.82) is 0 Å². The molecule has 2 amide bonds. The molecule has 1 atom stereocenters. The molecule has 3 N–H and O–H groups in total. The predicted molar refractivity (Wildman–Crippen MR) is 94.5 cm³/mol. The number of hydrogen-bond donors (Lipinski definition) is 3. The summed E-state index contributed by atoms with van der Waals surface area (Å²) in [7, 11) is 1.62. The normalized spacial score (nSPS) is 11.6. The van der Waals surface area contributed by atoms with Crippen LogP contribution in [0.5, 0.6) is 5.75 Å². The van der Waals surface area contributed by atoms with Gasteiger partial charge in [0.05, 0.1) is 19.8 Å². The Morgan fingerprint density at radius 2 is 2.00 bits per heavy atom. The molecule has 0 fully saturated rings. The summed E-state index contributed by atoms with van der Waals surface area (Å²) in [6, 6.07) is 13.9. The standard InChI is InChI=1S/C18H21ClN2O3/c1-24-16-4-2-3-13(11-16)9-10-20-18(23)21-17(12-22)14-5-7-15(19)8-6-14/h2-8,11,17,22H,9-10,12H2,1H3,(H2,20,21,23). The number of nitrogens with one attached hydrogen (secondary N) is 2. The number of carbonyl (C=O) groups is 1. The molecule has 0 aliphatic rings. The molecule has 0 aliphatic carbocycles. The number of carbonyl (C=O) groups excluding carboxylic acids is 1. The van der Waals surface area contributed by atoms with Crippen molar-refractivity contribution in [2.75, 3.05) is 20.3 Å². The topological polar surface area (TPSA) is 70.6 Å². The lowest BCUT2D eigenvalue weighted by Gasteiger charge is -2.17. The molecule has 0 aliphatic heterocycles. The Morgan fingerprint density at radius 3 is 2.67 bits per heavy atom. The largest absolute Gasteiger partial charge is 0.497 e. The first-order valence-electron chi connectivity index (χ1n) is 7.66. The van der Waals surface area contributed by atoms with E-state index >= 15 is 0 Å². The van der Waals surface area contributed by atoms with E-state index in [2.05, 4.69) is 10.6 Å². The number of halogens is 1. The molecule has 0 radical (unpaired) electrons. The Morgan fingerprint density at radius 1 is 1.25 bits per heavy atom. The van der Waals surface area contributed by atoms with Crippen LogP contribution >= 0.6 is 11.6 Å². The van der Waals surface area contributed by atoms with Crippen LogP contribution in [0.15, 0.2) is 48.5 Å². The quantitative estimate of drug-likeness (QED) is 0.720. The van der Waals surface area contributed by atoms with Crippen LogP contribution < -0.4 is 15.4 Å². The third-order valence-corrected chi connectivity index (χ3v) is 3.85. The summed E-state index contributed by atoms with van der Waals surface area (Å²) in [6.45, 7) is 0.294. The average molecular weight is 349 g/mol. The van der Waals surface area contributed by atoms with Gasteiger partial charge in [-0.15, -0.1) is 0 Å². The number of methoxy groups -OCH3 is 1. The maximum Gasteiger partial charge on any atom is 0.315 e. The van der Waals surface area contributed by atoms with Crippen LogP contribution in [0.25, 0.3) is 0 Å². The molecule has 0 spiro atoms. The lowest BCUT2D eigenvalue weighted by molar-refractivity contribution is 0.217. The molecule has 2 aromatic carbocycles. The number of benzene rings is 2. The fraction of sp³-hybridized carbons (Fsp3) is 0.278. The first kappa shape index (κ1) is 18.1. The molecule has 1 unspecified atom stereocenters. The van der Waals surface area contributed by atoms with Crippen LogP contribution in [-0.2, 0) is 6.42 Å². The third-order valence-electron chi connectivity index (χ3n) is 3.59. The Hall–Kier alpha value is -2.24. The summed E-state index contributed by atoms with van der Waals surface area (Å²) in [6.07, 6.45) is 0.690. The summed E-state index contributed by atoms with van der Waals surface area (Å²) < 4.78 is 5.17. The Bertz CT molecular complexity index is 662. The van der Waals surface area contributed by atoms with E-state index in [-0.39, 0.29) is 12.6 Å². The minimum absolute atomic E-state index is 0.190. The van der Waals surface area contributed by atoms with Crippen molar-refractivity contribution in [3.05, 3.63) is 64.7 Å². The van der Waals surface area contributed by atoms with E-state index in [1.165, 1.54) is 0 Å². The van der Waals surface area contributed by atoms with Gasteiger partial charge in [-0.1, -0.05) is 35.9 Å². The van der Waals surface area contributed by atoms with Crippen LogP contribution in [-0.4, -0.2) is 31.4 Å². The third kappa shape index (κ3) is 5.44. The maximum absolute atomic E-state index is 12.0. The lowest BCUT2D eigenvalue weighted by Crippen LogP contribution is -2.40. The van der Waals surface area contributed by atoms with Crippen LogP contribution in [0.4, 0.5) is 4.79 Å². The summed E-state index contributed by atoms with van der Waals surface area (Å²) in [5.41, 5.74) is 1.87. The SMILES string of the molecule is COc1cccc(CCNC(=O)NC(CO)c2ccc(Cl)cc2)c1. The number of urea groups is 1. The molecule has 6 heteroatoms. The van der Waals surface area contributed by atoms with Crippen LogP contribution in [0, 0.1) is 0 Å². The molecule has 0 heterocycles. The molecule has 128 valence electrons. The van der Waals surface area contributed by atoms with Gasteiger partial charge in [-0.05, 0) is 41.8 Å². The van der Waals surface area contributed by atoms with Crippen molar-refractivity contribution >= 4 is 17.6 Å². The van der Waals surface area contributed by atoms with Gasteiger partial charge >= 0.3 is 6.03 Å². The zero-order valence-electron chi connectivity index (χ0n) is 13.5. The minimum Gasteiger partial charge on any atom is -0.497 e. The van der Waals surface area contributed by atoms with Gasteiger partial charge in [-0.3, -0.25) is 0 Å². The van der Waals surface area contributed by atoms with E-state index < -0.39 is 6.04 Å². The second-order valence-electron chi connectivity index (χ2n) is 5.29. The van der Waals surface area contributed by atoms with E-state index in [0.717, 1.165) is 16.9 Å². The molecule has 0 aromatic heterocycles. The van der Waals surface area contributed by atoms with Gasteiger partial charge in [0.2, 0.25) is 0 Å². The number of aliphatic hydroxyl groups is 1. The molecule has 5 nitrogen and oxygen atoms in total. The Kier molecular flexibility index (Phi) is 6.90. The van der Waals surface area contributed by atoms with Crippen LogP contribution in [0.2, 0.25) is 5.02 Å². The fourth-order valence-electron chi connectivity index (χ4n) is 2.29. The summed E-state index contributed by atoms with van der Waals surface area (Å²) in [5.74, 6) is 0.792. The van der Waals surface area contributed by atoms with E-state index in [9.17, 15) is 9.90 Å². The molecule has 0 saturated carbocycles. The summed E-state index contributed by atoms with van der Waals surface area (Å²) in [4.78, 5) is 12.0. The average Bonchev–Trinajstić information content (AvgIpc) is 2.60. The van der Waals surface area contributed by atoms with E-state index in [1.54, 1.807) is 31.4 Å². The highest BCUT2D eigenvalue weighted by Gasteiger charge is 2.13. The van der Waals surface area contributed by atoms with Gasteiger partial charge in [0.25, 0.3) is 0 Å². The maximum atomic E-state index is 12.0. The van der Waals surface area contributed by atoms with E-state index in [4.69, 9.17) is 16.3 Å². The second kappa shape index (κ2) is 9.15. The Labute approximate surface area is 146 Å². The second-order valence-corrected chi connectivity index (χ2v) is 5.72. The number of hydrogen-bond acceptors (Lipinski definition) is 3. The Balaban J connectivity index is 1.82. The van der Waals surface area contributed by atoms with Crippen molar-refractivity contribution in [2.45, 2.75) is 12.5 Å². The number of ether oxygens (including phenoxy) is 1. The van der Waals surface area contributed by atoms with Crippen LogP contribution in [0.3, 0.4) is 0 Å². The van der Waals surface area contributed by atoms with Gasteiger partial charge in [0.1, 0.15) is 5.75 Å². The molecular formula is C18H21ClN2O3. The number of rotatable bonds is 7. The zero-order valence-corrected chi connectivity index (χ0v) is 14.2. The van der Waals surface area contributed by atoms with Crippen molar-refractivity contribution in [3.63, 3.8) is 0 Å². The van der Waals surface area contributed by atoms with Gasteiger partial charge in [-0.2, -0.15) is 0 Å². The number of aliphatic hydroxyl groups excluding tert-OH is 1. The molecule has 24 heavy (non-hydrogen) atoms. The van der Waals surface area contributed by atoms with Gasteiger partial charge in [-0.25, -0.2) is 4.79 Å². The smallest absolute Gasteiger partial charge is 0.315 e. The van der Waals surface area contributed by atoms with E-state index in [1.807, 2.05) is 24.3 Å². The number of amides is 2. The molecule has 0 bridgehead atoms. The predicted octanol–water partition coefficient (Wildman–Crippen LogP) is 2.92. The van der Waals surface area contributed by atoms with Gasteiger partial charge < -0.3 is 20.5 Å². The van der Waals surface area contributed by atoms with Gasteiger partial charge in [0, 0.05) is 11.6 Å². The zero-order chi connectivity index (χ0) is 17.4. The molecule has 2 aromatic rings. The van der Waals surface area contributed by atoms with Crippen LogP contribution in [0.1, 0.15) is 17.2 Å². The minimum atomic E-state index is -0.473. The highest BCUT2D eigenvalue weighted by Crippen LogP contribution is 2.16. The molecular weight excluding hydrogens is 328 g/mol. The van der Waals surface area contributed by atoms with Crippen molar-refractivity contribution in [1.82, 2.24) is 10.6 Å². The van der Waals surface area contributed by atoms with Crippen molar-refractivity contribution in [3.8, 4) is 5.75 Å². The lowest BCUT2D eigenvalue weighted by atomic mass is 10.1. The van der Waals surface area contributed by atoms with Gasteiger partial charge in [0.15, 0.2) is 0 Å². The summed E-state index contributed by atoms with van der Waals surface area (Å²) >= 11 is 5.84. The van der Waals surface area contributed by atoms with Crippen molar-refractivity contribution in [2.24, 2.45) is 0 Å². The first-order valence-corrected chi connectivity index (χ1v) is 8.04. The summed E-state index contributed by atoms with van der Waals surface area (Å²) in [5, 5.41) is 15.6. The molecule has 0 saturated heterocycles. The fourth-order valence-corrected chi connectivity index (χ4v) is 2.41. The highest BCUT2D eigenvalue weighted by atomic mass is 35.5.